The highest BCUT2D eigenvalue weighted by molar-refractivity contribution is 6.32. The lowest BCUT2D eigenvalue weighted by Gasteiger charge is -2.26. The molecule has 0 bridgehead atoms. The van der Waals surface area contributed by atoms with E-state index in [4.69, 9.17) is 20.8 Å². The summed E-state index contributed by atoms with van der Waals surface area (Å²) in [5.41, 5.74) is 3.05. The van der Waals surface area contributed by atoms with Gasteiger partial charge in [0.25, 0.3) is 0 Å². The summed E-state index contributed by atoms with van der Waals surface area (Å²) in [6.45, 7) is 3.11. The van der Waals surface area contributed by atoms with E-state index in [1.807, 2.05) is 45.3 Å². The Morgan fingerprint density at radius 3 is 2.68 bits per heavy atom. The molecule has 3 rings (SSSR count). The molecule has 0 saturated heterocycles. The van der Waals surface area contributed by atoms with Gasteiger partial charge in [0.05, 0.1) is 13.2 Å². The highest BCUT2D eigenvalue weighted by Crippen LogP contribution is 2.28. The van der Waals surface area contributed by atoms with Crippen molar-refractivity contribution in [3.63, 3.8) is 0 Å². The van der Waals surface area contributed by atoms with E-state index in [1.165, 1.54) is 6.07 Å². The van der Waals surface area contributed by atoms with Gasteiger partial charge < -0.3 is 19.4 Å². The van der Waals surface area contributed by atoms with E-state index in [0.29, 0.717) is 23.7 Å². The van der Waals surface area contributed by atoms with Crippen LogP contribution in [0.15, 0.2) is 51.7 Å². The maximum Gasteiger partial charge on any atom is 0.336 e. The Balaban J connectivity index is 1.83. The Hall–Kier alpha value is -2.34. The number of likely N-dealkylation sites (N-methyl/N-ethyl adjacent to an activating group) is 1. The van der Waals surface area contributed by atoms with Crippen LogP contribution < -0.4 is 15.7 Å². The van der Waals surface area contributed by atoms with Crippen LogP contribution in [0.1, 0.15) is 22.7 Å². The van der Waals surface area contributed by atoms with Crippen molar-refractivity contribution in [2.24, 2.45) is 0 Å². The molecule has 1 atom stereocenters. The lowest BCUT2D eigenvalue weighted by Crippen LogP contribution is -2.31. The molecule has 0 unspecified atom stereocenters. The van der Waals surface area contributed by atoms with Gasteiger partial charge in [-0.05, 0) is 50.3 Å². The second-order valence-electron chi connectivity index (χ2n) is 7.04. The molecule has 28 heavy (non-hydrogen) atoms. The molecule has 1 N–H and O–H groups in total. The number of fused-ring (bicyclic) bond motifs is 1. The van der Waals surface area contributed by atoms with Gasteiger partial charge in [0.15, 0.2) is 0 Å². The molecule has 2 aromatic carbocycles. The van der Waals surface area contributed by atoms with Crippen LogP contribution in [0.4, 0.5) is 0 Å². The van der Waals surface area contributed by atoms with Gasteiger partial charge in [0.2, 0.25) is 0 Å². The van der Waals surface area contributed by atoms with Crippen molar-refractivity contribution in [2.75, 3.05) is 27.7 Å². The highest BCUT2D eigenvalue weighted by atomic mass is 35.5. The van der Waals surface area contributed by atoms with Crippen LogP contribution in [0.5, 0.6) is 5.75 Å². The smallest absolute Gasteiger partial charge is 0.336 e. The number of hydrogen-bond acceptors (Lipinski definition) is 5. The zero-order valence-electron chi connectivity index (χ0n) is 16.6. The molecule has 0 spiro atoms. The van der Waals surface area contributed by atoms with E-state index in [0.717, 1.165) is 27.8 Å². The molecule has 1 aromatic heterocycles. The minimum atomic E-state index is -0.361. The first-order valence-electron chi connectivity index (χ1n) is 9.13. The largest absolute Gasteiger partial charge is 0.496 e. The summed E-state index contributed by atoms with van der Waals surface area (Å²) in [4.78, 5) is 14.1. The minimum absolute atomic E-state index is 0.119. The van der Waals surface area contributed by atoms with Crippen LogP contribution >= 0.6 is 11.6 Å². The second-order valence-corrected chi connectivity index (χ2v) is 7.45. The molecule has 148 valence electrons. The van der Waals surface area contributed by atoms with Crippen LogP contribution in [0.3, 0.4) is 0 Å². The predicted octanol–water partition coefficient (Wildman–Crippen LogP) is 4.16. The number of nitrogens with one attached hydrogen (secondary N) is 1. The average molecular weight is 401 g/mol. The van der Waals surface area contributed by atoms with Crippen molar-refractivity contribution in [1.82, 2.24) is 10.2 Å². The van der Waals surface area contributed by atoms with Crippen molar-refractivity contribution in [1.29, 1.82) is 0 Å². The fourth-order valence-electron chi connectivity index (χ4n) is 3.35. The van der Waals surface area contributed by atoms with E-state index in [9.17, 15) is 4.79 Å². The molecule has 1 heterocycles. The number of rotatable bonds is 7. The number of methoxy groups -OCH3 is 1. The van der Waals surface area contributed by atoms with Gasteiger partial charge in [0.1, 0.15) is 11.3 Å². The number of hydrogen-bond donors (Lipinski definition) is 1. The molecule has 3 aromatic rings. The Labute approximate surface area is 169 Å². The van der Waals surface area contributed by atoms with Gasteiger partial charge in [-0.25, -0.2) is 4.79 Å². The summed E-state index contributed by atoms with van der Waals surface area (Å²) in [5, 5.41) is 4.97. The highest BCUT2D eigenvalue weighted by Gasteiger charge is 2.18. The predicted molar refractivity (Wildman–Crippen MR) is 113 cm³/mol. The van der Waals surface area contributed by atoms with Crippen LogP contribution in [0, 0.1) is 6.92 Å². The van der Waals surface area contributed by atoms with Crippen molar-refractivity contribution >= 4 is 22.6 Å². The van der Waals surface area contributed by atoms with Crippen molar-refractivity contribution < 1.29 is 9.15 Å². The third-order valence-electron chi connectivity index (χ3n) is 4.88. The Morgan fingerprint density at radius 2 is 1.96 bits per heavy atom. The zero-order chi connectivity index (χ0) is 20.3. The molecule has 0 saturated carbocycles. The van der Waals surface area contributed by atoms with Crippen LogP contribution in [-0.2, 0) is 6.54 Å². The second kappa shape index (κ2) is 8.78. The van der Waals surface area contributed by atoms with Crippen molar-refractivity contribution in [3.8, 4) is 5.75 Å². The van der Waals surface area contributed by atoms with Crippen LogP contribution in [0.25, 0.3) is 11.0 Å². The molecule has 0 radical (unpaired) electrons. The molecule has 0 fully saturated rings. The van der Waals surface area contributed by atoms with Gasteiger partial charge >= 0.3 is 5.63 Å². The Morgan fingerprint density at radius 1 is 1.21 bits per heavy atom. The number of para-hydroxylation sites is 1. The number of nitrogens with zero attached hydrogens (tertiary/aromatic N) is 1. The monoisotopic (exact) mass is 400 g/mol. The lowest BCUT2D eigenvalue weighted by atomic mass is 10.0. The van der Waals surface area contributed by atoms with E-state index in [2.05, 4.69) is 16.3 Å². The van der Waals surface area contributed by atoms with Crippen LogP contribution in [-0.4, -0.2) is 32.6 Å². The molecule has 0 aliphatic heterocycles. The average Bonchev–Trinajstić information content (AvgIpc) is 2.66. The van der Waals surface area contributed by atoms with Gasteiger partial charge in [-0.3, -0.25) is 0 Å². The molecule has 5 nitrogen and oxygen atoms in total. The third-order valence-corrected chi connectivity index (χ3v) is 5.29. The van der Waals surface area contributed by atoms with Crippen molar-refractivity contribution in [2.45, 2.75) is 19.5 Å². The first-order chi connectivity index (χ1) is 13.4. The van der Waals surface area contributed by atoms with E-state index >= 15 is 0 Å². The minimum Gasteiger partial charge on any atom is -0.496 e. The van der Waals surface area contributed by atoms with Gasteiger partial charge in [-0.15, -0.1) is 0 Å². The Kier molecular flexibility index (Phi) is 6.39. The number of ether oxygens (including phenoxy) is 1. The number of aryl methyl sites for hydroxylation is 1. The van der Waals surface area contributed by atoms with E-state index in [-0.39, 0.29) is 11.7 Å². The molecule has 6 heteroatoms. The number of halogens is 1. The molecule has 0 aliphatic rings. The summed E-state index contributed by atoms with van der Waals surface area (Å²) >= 11 is 6.28. The molecule has 0 aliphatic carbocycles. The summed E-state index contributed by atoms with van der Waals surface area (Å²) in [5.74, 6) is 0.857. The topological polar surface area (TPSA) is 54.7 Å². The van der Waals surface area contributed by atoms with E-state index in [1.54, 1.807) is 13.2 Å². The summed E-state index contributed by atoms with van der Waals surface area (Å²) < 4.78 is 10.9. The van der Waals surface area contributed by atoms with Gasteiger partial charge in [-0.1, -0.05) is 29.8 Å². The SMILES string of the molecule is COc1ccccc1[C@H](CNCc1cc(=O)oc2cc(C)c(Cl)cc12)N(C)C. The van der Waals surface area contributed by atoms with Crippen LogP contribution in [0.2, 0.25) is 5.02 Å². The van der Waals surface area contributed by atoms with E-state index < -0.39 is 0 Å². The maximum absolute atomic E-state index is 12.0. The fraction of sp³-hybridized carbons (Fsp3) is 0.318. The lowest BCUT2D eigenvalue weighted by molar-refractivity contribution is 0.279. The van der Waals surface area contributed by atoms with Gasteiger partial charge in [0, 0.05) is 35.1 Å². The Bertz CT molecular complexity index is 1030. The summed E-state index contributed by atoms with van der Waals surface area (Å²) in [7, 11) is 5.75. The first-order valence-corrected chi connectivity index (χ1v) is 9.51. The molecular weight excluding hydrogens is 376 g/mol. The normalized spacial score (nSPS) is 12.5. The molecular formula is C22H25ClN2O3. The van der Waals surface area contributed by atoms with Crippen molar-refractivity contribution in [3.05, 3.63) is 74.6 Å². The summed E-state index contributed by atoms with van der Waals surface area (Å²) in [6.07, 6.45) is 0. The first kappa shape index (κ1) is 20.4. The fourth-order valence-corrected chi connectivity index (χ4v) is 3.51. The standard InChI is InChI=1S/C22H25ClN2O3/c1-14-9-21-17(11-18(14)23)15(10-22(26)28-21)12-24-13-19(25(2)3)16-7-5-6-8-20(16)27-4/h5-11,19,24H,12-13H2,1-4H3/t19-/m0/s1. The summed E-state index contributed by atoms with van der Waals surface area (Å²) in [6, 6.07) is 13.3. The quantitative estimate of drug-likeness (QED) is 0.603. The third kappa shape index (κ3) is 4.38. The van der Waals surface area contributed by atoms with Gasteiger partial charge in [-0.2, -0.15) is 0 Å². The number of benzene rings is 2. The maximum atomic E-state index is 12.0. The molecule has 0 amide bonds. The zero-order valence-corrected chi connectivity index (χ0v) is 17.3.